The SMILES string of the molecule is Cc1cc(Nc2nc(N3CCC(C(N)=O)C3)nc3sccc23)n[nH]1. The Labute approximate surface area is 142 Å². The van der Waals surface area contributed by atoms with Crippen LogP contribution in [0.1, 0.15) is 12.1 Å². The molecule has 1 fully saturated rings. The van der Waals surface area contributed by atoms with Gasteiger partial charge in [0.25, 0.3) is 0 Å². The van der Waals surface area contributed by atoms with E-state index in [-0.39, 0.29) is 11.8 Å². The highest BCUT2D eigenvalue weighted by Gasteiger charge is 2.28. The first-order valence-electron chi connectivity index (χ1n) is 7.68. The maximum Gasteiger partial charge on any atom is 0.228 e. The van der Waals surface area contributed by atoms with E-state index in [0.29, 0.717) is 24.1 Å². The number of aromatic nitrogens is 4. The van der Waals surface area contributed by atoms with Gasteiger partial charge in [-0.05, 0) is 24.8 Å². The van der Waals surface area contributed by atoms with Crippen LogP contribution in [0.25, 0.3) is 10.2 Å². The van der Waals surface area contributed by atoms with Crippen LogP contribution in [0.15, 0.2) is 17.5 Å². The molecule has 24 heavy (non-hydrogen) atoms. The Hall–Kier alpha value is -2.68. The smallest absolute Gasteiger partial charge is 0.228 e. The van der Waals surface area contributed by atoms with E-state index in [0.717, 1.165) is 28.9 Å². The van der Waals surface area contributed by atoms with Crippen LogP contribution < -0.4 is 16.0 Å². The highest BCUT2D eigenvalue weighted by atomic mass is 32.1. The quantitative estimate of drug-likeness (QED) is 0.665. The lowest BCUT2D eigenvalue weighted by Gasteiger charge is -2.17. The van der Waals surface area contributed by atoms with E-state index >= 15 is 0 Å². The molecule has 1 atom stereocenters. The molecule has 0 saturated carbocycles. The van der Waals surface area contributed by atoms with E-state index in [4.69, 9.17) is 5.73 Å². The van der Waals surface area contributed by atoms with Crippen molar-refractivity contribution in [2.75, 3.05) is 23.3 Å². The van der Waals surface area contributed by atoms with Gasteiger partial charge in [0.2, 0.25) is 11.9 Å². The summed E-state index contributed by atoms with van der Waals surface area (Å²) in [5.41, 5.74) is 6.39. The predicted molar refractivity (Wildman–Crippen MR) is 93.5 cm³/mol. The number of hydrogen-bond acceptors (Lipinski definition) is 7. The molecule has 4 rings (SSSR count). The fraction of sp³-hybridized carbons (Fsp3) is 0.333. The molecule has 0 radical (unpaired) electrons. The summed E-state index contributed by atoms with van der Waals surface area (Å²) in [4.78, 5) is 23.6. The van der Waals surface area contributed by atoms with Gasteiger partial charge in [0, 0.05) is 24.8 Å². The summed E-state index contributed by atoms with van der Waals surface area (Å²) in [5.74, 6) is 1.63. The van der Waals surface area contributed by atoms with Gasteiger partial charge in [-0.1, -0.05) is 0 Å². The second kappa shape index (κ2) is 5.75. The van der Waals surface area contributed by atoms with Gasteiger partial charge in [0.15, 0.2) is 5.82 Å². The van der Waals surface area contributed by atoms with Crippen LogP contribution in [0.2, 0.25) is 0 Å². The van der Waals surface area contributed by atoms with Crippen LogP contribution in [-0.4, -0.2) is 39.2 Å². The summed E-state index contributed by atoms with van der Waals surface area (Å²) < 4.78 is 0. The molecule has 1 aliphatic heterocycles. The van der Waals surface area contributed by atoms with Crippen molar-refractivity contribution in [1.82, 2.24) is 20.2 Å². The van der Waals surface area contributed by atoms with Crippen molar-refractivity contribution in [2.45, 2.75) is 13.3 Å². The van der Waals surface area contributed by atoms with Crippen LogP contribution in [0.4, 0.5) is 17.6 Å². The normalized spacial score (nSPS) is 17.5. The Morgan fingerprint density at radius 3 is 3.08 bits per heavy atom. The number of aryl methyl sites for hydroxylation is 1. The molecule has 8 nitrogen and oxygen atoms in total. The minimum absolute atomic E-state index is 0.141. The average Bonchev–Trinajstić information content (AvgIpc) is 3.26. The van der Waals surface area contributed by atoms with Crippen molar-refractivity contribution in [3.63, 3.8) is 0 Å². The van der Waals surface area contributed by atoms with E-state index in [2.05, 4.69) is 25.5 Å². The largest absolute Gasteiger partial charge is 0.369 e. The third-order valence-corrected chi connectivity index (χ3v) is 4.95. The Morgan fingerprint density at radius 1 is 1.50 bits per heavy atom. The first kappa shape index (κ1) is 14.9. The molecule has 124 valence electrons. The summed E-state index contributed by atoms with van der Waals surface area (Å²) in [5, 5.41) is 13.3. The molecule has 1 amide bonds. The number of carbonyl (C=O) groups is 1. The molecular formula is C15H17N7OS. The van der Waals surface area contributed by atoms with Gasteiger partial charge in [-0.25, -0.2) is 4.98 Å². The second-order valence-corrected chi connectivity index (χ2v) is 6.80. The number of thiophene rings is 1. The van der Waals surface area contributed by atoms with Crippen LogP contribution in [-0.2, 0) is 4.79 Å². The summed E-state index contributed by atoms with van der Waals surface area (Å²) in [6.45, 7) is 3.23. The molecule has 4 N–H and O–H groups in total. The Kier molecular flexibility index (Phi) is 3.57. The molecule has 0 aromatic carbocycles. The van der Waals surface area contributed by atoms with Gasteiger partial charge >= 0.3 is 0 Å². The number of anilines is 3. The first-order chi connectivity index (χ1) is 11.6. The molecule has 1 saturated heterocycles. The number of nitrogens with one attached hydrogen (secondary N) is 2. The second-order valence-electron chi connectivity index (χ2n) is 5.91. The number of rotatable bonds is 4. The lowest BCUT2D eigenvalue weighted by molar-refractivity contribution is -0.121. The summed E-state index contributed by atoms with van der Waals surface area (Å²) in [6, 6.07) is 3.90. The third kappa shape index (κ3) is 2.67. The minimum atomic E-state index is -0.264. The number of primary amides is 1. The maximum atomic E-state index is 11.4. The molecule has 3 aromatic heterocycles. The van der Waals surface area contributed by atoms with Crippen LogP contribution >= 0.6 is 11.3 Å². The monoisotopic (exact) mass is 343 g/mol. The van der Waals surface area contributed by atoms with E-state index in [1.54, 1.807) is 11.3 Å². The Bertz CT molecular complexity index is 902. The predicted octanol–water partition coefficient (Wildman–Crippen LogP) is 1.78. The van der Waals surface area contributed by atoms with Crippen molar-refractivity contribution >= 4 is 45.0 Å². The highest BCUT2D eigenvalue weighted by molar-refractivity contribution is 7.16. The first-order valence-corrected chi connectivity index (χ1v) is 8.56. The lowest BCUT2D eigenvalue weighted by atomic mass is 10.1. The number of nitrogens with zero attached hydrogens (tertiary/aromatic N) is 4. The molecule has 3 aromatic rings. The Balaban J connectivity index is 1.68. The molecule has 0 bridgehead atoms. The van der Waals surface area contributed by atoms with Gasteiger partial charge in [-0.3, -0.25) is 9.89 Å². The van der Waals surface area contributed by atoms with Crippen LogP contribution in [0, 0.1) is 12.8 Å². The van der Waals surface area contributed by atoms with Crippen LogP contribution in [0.5, 0.6) is 0 Å². The van der Waals surface area contributed by atoms with Crippen LogP contribution in [0.3, 0.4) is 0 Å². The fourth-order valence-electron chi connectivity index (χ4n) is 2.86. The minimum Gasteiger partial charge on any atom is -0.369 e. The molecule has 0 spiro atoms. The third-order valence-electron chi connectivity index (χ3n) is 4.14. The van der Waals surface area contributed by atoms with Crippen molar-refractivity contribution < 1.29 is 4.79 Å². The van der Waals surface area contributed by atoms with Gasteiger partial charge < -0.3 is 16.0 Å². The van der Waals surface area contributed by atoms with E-state index in [1.807, 2.05) is 29.3 Å². The summed E-state index contributed by atoms with van der Waals surface area (Å²) in [6.07, 6.45) is 0.739. The van der Waals surface area contributed by atoms with Crippen molar-refractivity contribution in [3.05, 3.63) is 23.2 Å². The van der Waals surface area contributed by atoms with E-state index in [9.17, 15) is 4.79 Å². The molecule has 0 aliphatic carbocycles. The summed E-state index contributed by atoms with van der Waals surface area (Å²) in [7, 11) is 0. The number of hydrogen-bond donors (Lipinski definition) is 3. The number of H-pyrrole nitrogens is 1. The molecule has 4 heterocycles. The molecule has 1 aliphatic rings. The van der Waals surface area contributed by atoms with E-state index < -0.39 is 0 Å². The molecular weight excluding hydrogens is 326 g/mol. The van der Waals surface area contributed by atoms with Crippen molar-refractivity contribution in [2.24, 2.45) is 11.7 Å². The lowest BCUT2D eigenvalue weighted by Crippen LogP contribution is -2.28. The highest BCUT2D eigenvalue weighted by Crippen LogP contribution is 2.31. The van der Waals surface area contributed by atoms with Crippen molar-refractivity contribution in [3.8, 4) is 0 Å². The van der Waals surface area contributed by atoms with Gasteiger partial charge in [0.05, 0.1) is 11.3 Å². The number of aromatic amines is 1. The Morgan fingerprint density at radius 2 is 2.38 bits per heavy atom. The number of carbonyl (C=O) groups excluding carboxylic acids is 1. The standard InChI is InChI=1S/C15H17N7OS/c1-8-6-11(21-20-8)17-13-10-3-5-24-14(10)19-15(18-13)22-4-2-9(7-22)12(16)23/h3,5-6,9H,2,4,7H2,1H3,(H2,16,23)(H2,17,18,19,20,21). The number of fused-ring (bicyclic) bond motifs is 1. The summed E-state index contributed by atoms with van der Waals surface area (Å²) >= 11 is 1.56. The van der Waals surface area contributed by atoms with Gasteiger partial charge in [-0.15, -0.1) is 11.3 Å². The zero-order valence-corrected chi connectivity index (χ0v) is 13.9. The van der Waals surface area contributed by atoms with E-state index in [1.165, 1.54) is 0 Å². The maximum absolute atomic E-state index is 11.4. The fourth-order valence-corrected chi connectivity index (χ4v) is 3.62. The zero-order chi connectivity index (χ0) is 16.7. The molecule has 1 unspecified atom stereocenters. The number of nitrogens with two attached hydrogens (primary N) is 1. The van der Waals surface area contributed by atoms with Crippen molar-refractivity contribution in [1.29, 1.82) is 0 Å². The topological polar surface area (TPSA) is 113 Å². The average molecular weight is 343 g/mol. The van der Waals surface area contributed by atoms with Gasteiger partial charge in [-0.2, -0.15) is 10.1 Å². The zero-order valence-electron chi connectivity index (χ0n) is 13.1. The number of amides is 1. The molecule has 9 heteroatoms. The van der Waals surface area contributed by atoms with Gasteiger partial charge in [0.1, 0.15) is 10.6 Å².